The van der Waals surface area contributed by atoms with Crippen molar-refractivity contribution in [1.82, 2.24) is 0 Å². The number of nitrogens with one attached hydrogen (secondary N) is 1. The van der Waals surface area contributed by atoms with E-state index in [-0.39, 0.29) is 5.90 Å². The lowest BCUT2D eigenvalue weighted by Gasteiger charge is -2.51. The van der Waals surface area contributed by atoms with Gasteiger partial charge in [-0.2, -0.15) is 15.8 Å². The van der Waals surface area contributed by atoms with Gasteiger partial charge in [-0.25, -0.2) is 0 Å². The van der Waals surface area contributed by atoms with Gasteiger partial charge in [0.15, 0.2) is 5.41 Å². The second-order valence-corrected chi connectivity index (χ2v) is 7.40. The summed E-state index contributed by atoms with van der Waals surface area (Å²) in [6.07, 6.45) is 1.92. The number of rotatable bonds is 1. The number of benzene rings is 1. The summed E-state index contributed by atoms with van der Waals surface area (Å²) in [7, 11) is 0. The van der Waals surface area contributed by atoms with Crippen molar-refractivity contribution in [2.75, 3.05) is 0 Å². The maximum atomic E-state index is 10.2. The van der Waals surface area contributed by atoms with Crippen molar-refractivity contribution in [2.45, 2.75) is 44.5 Å². The van der Waals surface area contributed by atoms with Crippen LogP contribution < -0.4 is 0 Å². The summed E-state index contributed by atoms with van der Waals surface area (Å²) in [5.74, 6) is -1.88. The second kappa shape index (κ2) is 5.31. The maximum Gasteiger partial charge on any atom is 0.217 e. The van der Waals surface area contributed by atoms with Crippen molar-refractivity contribution in [2.24, 2.45) is 16.7 Å². The molecule has 4 unspecified atom stereocenters. The first-order valence-electron chi connectivity index (χ1n) is 8.76. The number of nitriles is 3. The molecule has 2 aliphatic heterocycles. The molecule has 130 valence electrons. The summed E-state index contributed by atoms with van der Waals surface area (Å²) < 4.78 is 12.2. The highest BCUT2D eigenvalue weighted by Gasteiger charge is 2.80. The summed E-state index contributed by atoms with van der Waals surface area (Å²) >= 11 is 0. The number of nitrogens with zero attached hydrogens (tertiary/aromatic N) is 3. The van der Waals surface area contributed by atoms with Gasteiger partial charge in [0.05, 0.1) is 24.1 Å². The zero-order valence-electron chi connectivity index (χ0n) is 14.5. The first-order valence-corrected chi connectivity index (χ1v) is 8.76. The molecule has 1 aromatic rings. The molecule has 2 saturated heterocycles. The third-order valence-electron chi connectivity index (χ3n) is 6.20. The zero-order chi connectivity index (χ0) is 18.6. The van der Waals surface area contributed by atoms with Crippen LogP contribution in [-0.4, -0.2) is 11.7 Å². The summed E-state index contributed by atoms with van der Waals surface area (Å²) in [4.78, 5) is 0. The second-order valence-electron chi connectivity index (χ2n) is 7.40. The van der Waals surface area contributed by atoms with Crippen molar-refractivity contribution in [3.05, 3.63) is 35.4 Å². The van der Waals surface area contributed by atoms with E-state index in [1.165, 1.54) is 0 Å². The lowest BCUT2D eigenvalue weighted by molar-refractivity contribution is -0.294. The van der Waals surface area contributed by atoms with E-state index in [1.807, 2.05) is 31.2 Å². The van der Waals surface area contributed by atoms with Gasteiger partial charge >= 0.3 is 0 Å². The minimum Gasteiger partial charge on any atom is -0.447 e. The molecule has 1 saturated carbocycles. The van der Waals surface area contributed by atoms with Crippen molar-refractivity contribution in [1.29, 1.82) is 21.2 Å². The summed E-state index contributed by atoms with van der Waals surface area (Å²) in [5, 5.41) is 38.8. The predicted molar refractivity (Wildman–Crippen MR) is 90.2 cm³/mol. The Labute approximate surface area is 152 Å². The molecule has 4 rings (SSSR count). The van der Waals surface area contributed by atoms with Crippen LogP contribution in [-0.2, 0) is 9.47 Å². The minimum absolute atomic E-state index is 0.301. The van der Waals surface area contributed by atoms with Crippen LogP contribution in [0.2, 0.25) is 0 Å². The van der Waals surface area contributed by atoms with Crippen LogP contribution in [0.15, 0.2) is 24.3 Å². The van der Waals surface area contributed by atoms with Gasteiger partial charge in [-0.15, -0.1) is 0 Å². The van der Waals surface area contributed by atoms with Crippen molar-refractivity contribution in [3.63, 3.8) is 0 Å². The molecule has 1 N–H and O–H groups in total. The molecular weight excluding hydrogens is 328 g/mol. The van der Waals surface area contributed by atoms with E-state index in [9.17, 15) is 15.8 Å². The average Bonchev–Trinajstić information content (AvgIpc) is 2.87. The topological polar surface area (TPSA) is 114 Å². The first kappa shape index (κ1) is 16.6. The zero-order valence-corrected chi connectivity index (χ0v) is 14.5. The average molecular weight is 346 g/mol. The lowest BCUT2D eigenvalue weighted by atomic mass is 9.51. The molecule has 26 heavy (non-hydrogen) atoms. The van der Waals surface area contributed by atoms with Gasteiger partial charge in [0.25, 0.3) is 0 Å². The molecular formula is C20H18N4O2. The Kier molecular flexibility index (Phi) is 3.38. The molecule has 1 aliphatic carbocycles. The number of hydrogen-bond donors (Lipinski definition) is 1. The Morgan fingerprint density at radius 2 is 1.77 bits per heavy atom. The van der Waals surface area contributed by atoms with Gasteiger partial charge in [0.2, 0.25) is 17.1 Å². The Balaban J connectivity index is 1.99. The molecule has 4 atom stereocenters. The fraction of sp³-hybridized carbons (Fsp3) is 0.500. The van der Waals surface area contributed by atoms with E-state index >= 15 is 0 Å². The summed E-state index contributed by atoms with van der Waals surface area (Å²) in [6.45, 7) is 1.95. The molecule has 0 spiro atoms. The van der Waals surface area contributed by atoms with Gasteiger partial charge in [0, 0.05) is 6.42 Å². The molecule has 0 aromatic heterocycles. The molecule has 0 amide bonds. The van der Waals surface area contributed by atoms with Crippen LogP contribution in [0.25, 0.3) is 0 Å². The Hall–Kier alpha value is -2.88. The number of aryl methyl sites for hydroxylation is 1. The van der Waals surface area contributed by atoms with Crippen molar-refractivity contribution in [3.8, 4) is 18.2 Å². The SMILES string of the molecule is Cc1ccc(C2OC34CCCCC3C(C#N)(C(=N)O4)C2(C#N)C#N)cc1. The Morgan fingerprint density at radius 1 is 1.08 bits per heavy atom. The van der Waals surface area contributed by atoms with E-state index in [2.05, 4.69) is 18.2 Å². The smallest absolute Gasteiger partial charge is 0.217 e. The van der Waals surface area contributed by atoms with E-state index in [0.29, 0.717) is 18.4 Å². The largest absolute Gasteiger partial charge is 0.447 e. The molecule has 1 aromatic carbocycles. The van der Waals surface area contributed by atoms with Crippen LogP contribution in [0.3, 0.4) is 0 Å². The normalized spacial score (nSPS) is 36.8. The monoisotopic (exact) mass is 346 g/mol. The molecule has 6 nitrogen and oxygen atoms in total. The summed E-state index contributed by atoms with van der Waals surface area (Å²) in [5.41, 5.74) is -1.76. The van der Waals surface area contributed by atoms with Gasteiger partial charge < -0.3 is 9.47 Å². The van der Waals surface area contributed by atoms with E-state index in [1.54, 1.807) is 0 Å². The van der Waals surface area contributed by atoms with Crippen molar-refractivity contribution >= 4 is 5.90 Å². The maximum absolute atomic E-state index is 10.2. The van der Waals surface area contributed by atoms with Crippen LogP contribution >= 0.6 is 0 Å². The molecule has 3 fully saturated rings. The Bertz CT molecular complexity index is 890. The third kappa shape index (κ3) is 1.69. The summed E-state index contributed by atoms with van der Waals surface area (Å²) in [6, 6.07) is 13.7. The third-order valence-corrected chi connectivity index (χ3v) is 6.20. The van der Waals surface area contributed by atoms with Crippen LogP contribution in [0.5, 0.6) is 0 Å². The van der Waals surface area contributed by atoms with Crippen LogP contribution in [0, 0.1) is 63.1 Å². The van der Waals surface area contributed by atoms with Crippen LogP contribution in [0.4, 0.5) is 0 Å². The Morgan fingerprint density at radius 3 is 2.38 bits per heavy atom. The quantitative estimate of drug-likeness (QED) is 0.836. The molecule has 2 heterocycles. The minimum atomic E-state index is -1.84. The van der Waals surface area contributed by atoms with Gasteiger partial charge in [0.1, 0.15) is 6.10 Å². The molecule has 2 bridgehead atoms. The first-order chi connectivity index (χ1) is 12.5. The highest BCUT2D eigenvalue weighted by atomic mass is 16.7. The highest BCUT2D eigenvalue weighted by Crippen LogP contribution is 2.69. The highest BCUT2D eigenvalue weighted by molar-refractivity contribution is 5.89. The predicted octanol–water partition coefficient (Wildman–Crippen LogP) is 3.50. The lowest BCUT2D eigenvalue weighted by Crippen LogP contribution is -2.60. The van der Waals surface area contributed by atoms with E-state index < -0.39 is 28.6 Å². The van der Waals surface area contributed by atoms with Gasteiger partial charge in [-0.3, -0.25) is 5.41 Å². The van der Waals surface area contributed by atoms with E-state index in [4.69, 9.17) is 14.9 Å². The molecule has 6 heteroatoms. The van der Waals surface area contributed by atoms with Crippen molar-refractivity contribution < 1.29 is 9.47 Å². The number of ether oxygens (including phenoxy) is 2. The standard InChI is InChI=1S/C20H18N4O2/c1-13-5-7-14(8-6-13)16-18(10-21,11-22)19(12-23)15-4-2-3-9-20(15,25-16)26-17(19)24/h5-8,15-16,24H,2-4,9H2,1H3. The fourth-order valence-electron chi connectivity index (χ4n) is 4.90. The van der Waals surface area contributed by atoms with Gasteiger partial charge in [-0.1, -0.05) is 36.2 Å². The number of hydrogen-bond acceptors (Lipinski definition) is 6. The molecule has 3 aliphatic rings. The van der Waals surface area contributed by atoms with E-state index in [0.717, 1.165) is 18.4 Å². The van der Waals surface area contributed by atoms with Crippen LogP contribution in [0.1, 0.15) is 42.9 Å². The van der Waals surface area contributed by atoms with Gasteiger partial charge in [-0.05, 0) is 25.3 Å². The molecule has 0 radical (unpaired) electrons. The fourth-order valence-corrected chi connectivity index (χ4v) is 4.90.